The van der Waals surface area contributed by atoms with E-state index in [-0.39, 0.29) is 24.3 Å². The topological polar surface area (TPSA) is 109 Å². The standard InChI is InChI=1S/C28H38N2O6/c1-3-7-20-16-26(33)36-27-19(2)23(11-10-22(20)27)35-18-24(31)29-14-6-9-25(32)30-15-13-28(34)12-5-4-8-21(28)17-30/h10-11,16,21,34H,3-9,12-15,17-18H2,1-2H3,(H,29,31)/t21-,28-/m0/s1. The third-order valence-electron chi connectivity index (χ3n) is 7.74. The second kappa shape index (κ2) is 11.5. The number of carbonyl (C=O) groups excluding carboxylic acids is 2. The van der Waals surface area contributed by atoms with E-state index in [4.69, 9.17) is 9.15 Å². The SMILES string of the molecule is CCCc1cc(=O)oc2c(C)c(OCC(=O)NCCCC(=O)N3CC[C@@]4(O)CCCC[C@H]4C3)ccc12. The van der Waals surface area contributed by atoms with Gasteiger partial charge in [-0.05, 0) is 56.7 Å². The van der Waals surface area contributed by atoms with Crippen molar-refractivity contribution < 1.29 is 23.8 Å². The first-order valence-electron chi connectivity index (χ1n) is 13.3. The van der Waals surface area contributed by atoms with Crippen LogP contribution in [0.1, 0.15) is 69.4 Å². The molecule has 2 atom stereocenters. The average Bonchev–Trinajstić information content (AvgIpc) is 2.86. The van der Waals surface area contributed by atoms with Gasteiger partial charge in [0.2, 0.25) is 5.91 Å². The Bertz CT molecular complexity index is 1160. The number of carbonyl (C=O) groups is 2. The van der Waals surface area contributed by atoms with Gasteiger partial charge >= 0.3 is 5.63 Å². The molecule has 8 heteroatoms. The summed E-state index contributed by atoms with van der Waals surface area (Å²) in [6.45, 7) is 5.35. The van der Waals surface area contributed by atoms with Crippen molar-refractivity contribution in [3.05, 3.63) is 39.7 Å². The summed E-state index contributed by atoms with van der Waals surface area (Å²) in [5, 5.41) is 14.5. The molecule has 36 heavy (non-hydrogen) atoms. The molecular weight excluding hydrogens is 460 g/mol. The molecule has 1 saturated heterocycles. The van der Waals surface area contributed by atoms with E-state index in [2.05, 4.69) is 12.2 Å². The third-order valence-corrected chi connectivity index (χ3v) is 7.74. The highest BCUT2D eigenvalue weighted by Gasteiger charge is 2.43. The summed E-state index contributed by atoms with van der Waals surface area (Å²) in [7, 11) is 0. The van der Waals surface area contributed by atoms with E-state index in [0.717, 1.165) is 49.5 Å². The van der Waals surface area contributed by atoms with E-state index in [0.29, 0.717) is 55.8 Å². The molecule has 0 radical (unpaired) electrons. The minimum atomic E-state index is -0.588. The Morgan fingerprint density at radius 3 is 2.92 bits per heavy atom. The Balaban J connectivity index is 1.22. The summed E-state index contributed by atoms with van der Waals surface area (Å²) in [5.74, 6) is 0.500. The molecule has 2 aliphatic rings. The van der Waals surface area contributed by atoms with Gasteiger partial charge < -0.3 is 24.5 Å². The number of piperidine rings is 1. The van der Waals surface area contributed by atoms with Gasteiger partial charge in [0.1, 0.15) is 11.3 Å². The maximum Gasteiger partial charge on any atom is 0.336 e. The van der Waals surface area contributed by atoms with Crippen LogP contribution in [-0.4, -0.2) is 53.7 Å². The molecule has 1 aliphatic heterocycles. The lowest BCUT2D eigenvalue weighted by molar-refractivity contribution is -0.143. The molecular formula is C28H38N2O6. The summed E-state index contributed by atoms with van der Waals surface area (Å²) >= 11 is 0. The number of nitrogens with one attached hydrogen (secondary N) is 1. The smallest absolute Gasteiger partial charge is 0.336 e. The number of ether oxygens (including phenoxy) is 1. The van der Waals surface area contributed by atoms with Gasteiger partial charge in [-0.15, -0.1) is 0 Å². The molecule has 0 bridgehead atoms. The van der Waals surface area contributed by atoms with Crippen LogP contribution in [0.3, 0.4) is 0 Å². The first-order chi connectivity index (χ1) is 17.3. The van der Waals surface area contributed by atoms with E-state index in [1.54, 1.807) is 6.07 Å². The van der Waals surface area contributed by atoms with Crippen LogP contribution in [0.4, 0.5) is 0 Å². The number of fused-ring (bicyclic) bond motifs is 2. The summed E-state index contributed by atoms with van der Waals surface area (Å²) in [4.78, 5) is 38.8. The lowest BCUT2D eigenvalue weighted by atomic mass is 9.71. The molecule has 2 fully saturated rings. The predicted molar refractivity (Wildman–Crippen MR) is 137 cm³/mol. The minimum absolute atomic E-state index is 0.0869. The van der Waals surface area contributed by atoms with Crippen LogP contribution < -0.4 is 15.7 Å². The number of amides is 2. The number of likely N-dealkylation sites (tertiary alicyclic amines) is 1. The second-order valence-electron chi connectivity index (χ2n) is 10.3. The summed E-state index contributed by atoms with van der Waals surface area (Å²) in [6, 6.07) is 5.20. The maximum absolute atomic E-state index is 12.6. The van der Waals surface area contributed by atoms with Crippen molar-refractivity contribution >= 4 is 22.8 Å². The third kappa shape index (κ3) is 5.91. The molecule has 4 rings (SSSR count). The molecule has 0 spiro atoms. The van der Waals surface area contributed by atoms with Crippen molar-refractivity contribution in [3.8, 4) is 5.75 Å². The Morgan fingerprint density at radius 2 is 2.11 bits per heavy atom. The first kappa shape index (κ1) is 26.2. The van der Waals surface area contributed by atoms with Gasteiger partial charge in [-0.25, -0.2) is 4.79 Å². The van der Waals surface area contributed by atoms with Crippen molar-refractivity contribution in [2.45, 2.75) is 77.2 Å². The quantitative estimate of drug-likeness (QED) is 0.405. The van der Waals surface area contributed by atoms with Crippen molar-refractivity contribution in [3.63, 3.8) is 0 Å². The Kier molecular flexibility index (Phi) is 8.34. The second-order valence-corrected chi connectivity index (χ2v) is 10.3. The van der Waals surface area contributed by atoms with Crippen LogP contribution in [-0.2, 0) is 16.0 Å². The van der Waals surface area contributed by atoms with Crippen LogP contribution in [0.15, 0.2) is 27.4 Å². The van der Waals surface area contributed by atoms with E-state index >= 15 is 0 Å². The van der Waals surface area contributed by atoms with Crippen LogP contribution >= 0.6 is 0 Å². The number of benzene rings is 1. The van der Waals surface area contributed by atoms with Crippen molar-refractivity contribution in [1.29, 1.82) is 0 Å². The Labute approximate surface area is 212 Å². The molecule has 2 aromatic rings. The number of nitrogens with zero attached hydrogens (tertiary/aromatic N) is 1. The molecule has 1 saturated carbocycles. The van der Waals surface area contributed by atoms with Crippen LogP contribution in [0.2, 0.25) is 0 Å². The molecule has 2 amide bonds. The summed E-state index contributed by atoms with van der Waals surface area (Å²) in [5.41, 5.74) is 1.15. The normalized spacial score (nSPS) is 21.8. The first-order valence-corrected chi connectivity index (χ1v) is 13.3. The van der Waals surface area contributed by atoms with Crippen LogP contribution in [0.25, 0.3) is 11.0 Å². The minimum Gasteiger partial charge on any atom is -0.483 e. The van der Waals surface area contributed by atoms with Gasteiger partial charge in [0.25, 0.3) is 5.91 Å². The predicted octanol–water partition coefficient (Wildman–Crippen LogP) is 3.48. The fourth-order valence-electron chi connectivity index (χ4n) is 5.66. The number of rotatable bonds is 9. The summed E-state index contributed by atoms with van der Waals surface area (Å²) < 4.78 is 11.1. The summed E-state index contributed by atoms with van der Waals surface area (Å²) in [6.07, 6.45) is 7.31. The number of hydrogen-bond acceptors (Lipinski definition) is 6. The Hall–Kier alpha value is -2.87. The highest BCUT2D eigenvalue weighted by atomic mass is 16.5. The van der Waals surface area contributed by atoms with Crippen molar-refractivity contribution in [2.24, 2.45) is 5.92 Å². The molecule has 0 unspecified atom stereocenters. The highest BCUT2D eigenvalue weighted by molar-refractivity contribution is 5.85. The van der Waals surface area contributed by atoms with Crippen LogP contribution in [0, 0.1) is 12.8 Å². The highest BCUT2D eigenvalue weighted by Crippen LogP contribution is 2.39. The van der Waals surface area contributed by atoms with Crippen molar-refractivity contribution in [2.75, 3.05) is 26.2 Å². The van der Waals surface area contributed by atoms with Crippen LogP contribution in [0.5, 0.6) is 5.75 Å². The molecule has 1 aliphatic carbocycles. The molecule has 196 valence electrons. The van der Waals surface area contributed by atoms with Gasteiger partial charge in [-0.2, -0.15) is 0 Å². The maximum atomic E-state index is 12.6. The zero-order valence-corrected chi connectivity index (χ0v) is 21.4. The van der Waals surface area contributed by atoms with E-state index in [1.807, 2.05) is 17.9 Å². The van der Waals surface area contributed by atoms with Gasteiger partial charge in [0, 0.05) is 49.0 Å². The number of aryl methyl sites for hydroxylation is 2. The van der Waals surface area contributed by atoms with Gasteiger partial charge in [-0.1, -0.05) is 26.2 Å². The molecule has 8 nitrogen and oxygen atoms in total. The van der Waals surface area contributed by atoms with E-state index in [1.165, 1.54) is 6.07 Å². The van der Waals surface area contributed by atoms with Gasteiger partial charge in [0.05, 0.1) is 5.60 Å². The van der Waals surface area contributed by atoms with E-state index < -0.39 is 11.2 Å². The fourth-order valence-corrected chi connectivity index (χ4v) is 5.66. The zero-order chi connectivity index (χ0) is 25.7. The average molecular weight is 499 g/mol. The molecule has 2 N–H and O–H groups in total. The largest absolute Gasteiger partial charge is 0.483 e. The lowest BCUT2D eigenvalue weighted by Gasteiger charge is -2.47. The number of hydrogen-bond donors (Lipinski definition) is 2. The Morgan fingerprint density at radius 1 is 1.28 bits per heavy atom. The van der Waals surface area contributed by atoms with E-state index in [9.17, 15) is 19.5 Å². The van der Waals surface area contributed by atoms with Gasteiger partial charge in [0.15, 0.2) is 6.61 Å². The lowest BCUT2D eigenvalue weighted by Crippen LogP contribution is -2.54. The van der Waals surface area contributed by atoms with Crippen molar-refractivity contribution in [1.82, 2.24) is 10.2 Å². The molecule has 1 aromatic carbocycles. The number of aliphatic hydroxyl groups is 1. The molecule has 1 aromatic heterocycles. The van der Waals surface area contributed by atoms with Gasteiger partial charge in [-0.3, -0.25) is 9.59 Å². The fraction of sp³-hybridized carbons (Fsp3) is 0.607. The molecule has 2 heterocycles. The zero-order valence-electron chi connectivity index (χ0n) is 21.4. The monoisotopic (exact) mass is 498 g/mol.